The Balaban J connectivity index is 2.08. The molecule has 16 heavy (non-hydrogen) atoms. The zero-order valence-electron chi connectivity index (χ0n) is 9.30. The lowest BCUT2D eigenvalue weighted by Crippen LogP contribution is -2.56. The fraction of sp³-hybridized carbons (Fsp3) is 0.500. The Morgan fingerprint density at radius 1 is 1.56 bits per heavy atom. The van der Waals surface area contributed by atoms with Crippen molar-refractivity contribution >= 4 is 11.8 Å². The predicted octanol–water partition coefficient (Wildman–Crippen LogP) is -0.733. The number of aryl methyl sites for hydroxylation is 1. The number of amides is 2. The van der Waals surface area contributed by atoms with Gasteiger partial charge >= 0.3 is 0 Å². The monoisotopic (exact) mass is 222 g/mol. The first-order valence-corrected chi connectivity index (χ1v) is 5.12. The fourth-order valence-corrected chi connectivity index (χ4v) is 1.78. The molecule has 1 N–H and O–H groups in total. The van der Waals surface area contributed by atoms with Gasteiger partial charge in [-0.1, -0.05) is 0 Å². The SMILES string of the molecule is CC1NC(=O)CN(Cc2cnn(C)c2)C1=O. The van der Waals surface area contributed by atoms with Gasteiger partial charge in [0.25, 0.3) is 0 Å². The lowest BCUT2D eigenvalue weighted by atomic mass is 10.2. The molecule has 1 unspecified atom stereocenters. The van der Waals surface area contributed by atoms with E-state index >= 15 is 0 Å². The van der Waals surface area contributed by atoms with Crippen LogP contribution in [0.2, 0.25) is 0 Å². The highest BCUT2D eigenvalue weighted by Crippen LogP contribution is 2.08. The molecule has 1 fully saturated rings. The molecule has 1 aliphatic heterocycles. The normalized spacial score (nSPS) is 21.1. The average Bonchev–Trinajstić information content (AvgIpc) is 2.60. The molecule has 1 saturated heterocycles. The van der Waals surface area contributed by atoms with Crippen LogP contribution < -0.4 is 5.32 Å². The molecular weight excluding hydrogens is 208 g/mol. The first-order valence-electron chi connectivity index (χ1n) is 5.12. The van der Waals surface area contributed by atoms with E-state index in [0.717, 1.165) is 5.56 Å². The van der Waals surface area contributed by atoms with Gasteiger partial charge in [0.15, 0.2) is 0 Å². The van der Waals surface area contributed by atoms with Crippen molar-refractivity contribution in [3.63, 3.8) is 0 Å². The molecule has 1 atom stereocenters. The molecule has 1 aliphatic rings. The molecule has 0 saturated carbocycles. The summed E-state index contributed by atoms with van der Waals surface area (Å²) in [5.41, 5.74) is 0.928. The highest BCUT2D eigenvalue weighted by molar-refractivity contribution is 5.94. The molecule has 86 valence electrons. The number of carbonyl (C=O) groups excluding carboxylic acids is 2. The minimum absolute atomic E-state index is 0.0524. The summed E-state index contributed by atoms with van der Waals surface area (Å²) < 4.78 is 1.67. The maximum atomic E-state index is 11.8. The van der Waals surface area contributed by atoms with Crippen molar-refractivity contribution < 1.29 is 9.59 Å². The van der Waals surface area contributed by atoms with E-state index in [4.69, 9.17) is 0 Å². The summed E-state index contributed by atoms with van der Waals surface area (Å²) in [7, 11) is 1.82. The topological polar surface area (TPSA) is 67.2 Å². The summed E-state index contributed by atoms with van der Waals surface area (Å²) in [6, 6.07) is -0.432. The van der Waals surface area contributed by atoms with E-state index in [1.165, 1.54) is 0 Å². The Labute approximate surface area is 93.2 Å². The maximum Gasteiger partial charge on any atom is 0.245 e. The Bertz CT molecular complexity index is 426. The average molecular weight is 222 g/mol. The lowest BCUT2D eigenvalue weighted by Gasteiger charge is -2.30. The number of hydrogen-bond acceptors (Lipinski definition) is 3. The van der Waals surface area contributed by atoms with Crippen molar-refractivity contribution in [2.75, 3.05) is 6.54 Å². The molecule has 0 aliphatic carbocycles. The van der Waals surface area contributed by atoms with Gasteiger partial charge in [-0.25, -0.2) is 0 Å². The largest absolute Gasteiger partial charge is 0.343 e. The van der Waals surface area contributed by atoms with Crippen molar-refractivity contribution in [1.82, 2.24) is 20.0 Å². The summed E-state index contributed by atoms with van der Waals surface area (Å²) in [4.78, 5) is 24.6. The van der Waals surface area contributed by atoms with Gasteiger partial charge in [0, 0.05) is 25.4 Å². The second-order valence-corrected chi connectivity index (χ2v) is 4.01. The van der Waals surface area contributed by atoms with Crippen LogP contribution in [-0.4, -0.2) is 39.1 Å². The number of aromatic nitrogens is 2. The molecule has 1 aromatic rings. The lowest BCUT2D eigenvalue weighted by molar-refractivity contribution is -0.144. The predicted molar refractivity (Wildman–Crippen MR) is 56.2 cm³/mol. The minimum atomic E-state index is -0.432. The van der Waals surface area contributed by atoms with Crippen LogP contribution in [0, 0.1) is 0 Å². The fourth-order valence-electron chi connectivity index (χ4n) is 1.78. The molecule has 0 bridgehead atoms. The van der Waals surface area contributed by atoms with Crippen molar-refractivity contribution in [3.05, 3.63) is 18.0 Å². The van der Waals surface area contributed by atoms with Gasteiger partial charge in [0.05, 0.1) is 12.7 Å². The van der Waals surface area contributed by atoms with Gasteiger partial charge in [-0.2, -0.15) is 5.10 Å². The summed E-state index contributed by atoms with van der Waals surface area (Å²) >= 11 is 0. The Hall–Kier alpha value is -1.85. The van der Waals surface area contributed by atoms with Crippen LogP contribution in [0.25, 0.3) is 0 Å². The van der Waals surface area contributed by atoms with Crippen LogP contribution in [0.15, 0.2) is 12.4 Å². The number of piperazine rings is 1. The Kier molecular flexibility index (Phi) is 2.64. The minimum Gasteiger partial charge on any atom is -0.343 e. The third-order valence-corrected chi connectivity index (χ3v) is 2.53. The van der Waals surface area contributed by atoms with E-state index in [9.17, 15) is 9.59 Å². The zero-order chi connectivity index (χ0) is 11.7. The van der Waals surface area contributed by atoms with Gasteiger partial charge in [0.2, 0.25) is 11.8 Å². The Morgan fingerprint density at radius 2 is 2.31 bits per heavy atom. The third-order valence-electron chi connectivity index (χ3n) is 2.53. The highest BCUT2D eigenvalue weighted by atomic mass is 16.2. The molecule has 6 heteroatoms. The molecular formula is C10H14N4O2. The Morgan fingerprint density at radius 3 is 2.94 bits per heavy atom. The van der Waals surface area contributed by atoms with Gasteiger partial charge in [-0.3, -0.25) is 14.3 Å². The van der Waals surface area contributed by atoms with Gasteiger partial charge in [0.1, 0.15) is 6.04 Å². The summed E-state index contributed by atoms with van der Waals surface area (Å²) in [5.74, 6) is -0.167. The molecule has 2 rings (SSSR count). The van der Waals surface area contributed by atoms with Crippen LogP contribution in [0.3, 0.4) is 0 Å². The van der Waals surface area contributed by atoms with Crippen molar-refractivity contribution in [1.29, 1.82) is 0 Å². The first kappa shape index (κ1) is 10.7. The van der Waals surface area contributed by atoms with Crippen LogP contribution in [0.4, 0.5) is 0 Å². The molecule has 1 aromatic heterocycles. The second-order valence-electron chi connectivity index (χ2n) is 4.01. The number of nitrogens with one attached hydrogen (secondary N) is 1. The van der Waals surface area contributed by atoms with Gasteiger partial charge in [-0.05, 0) is 6.92 Å². The standard InChI is InChI=1S/C10H14N4O2/c1-7-10(16)14(6-9(15)12-7)5-8-3-11-13(2)4-8/h3-4,7H,5-6H2,1-2H3,(H,12,15). The smallest absolute Gasteiger partial charge is 0.245 e. The van der Waals surface area contributed by atoms with E-state index in [-0.39, 0.29) is 18.4 Å². The van der Waals surface area contributed by atoms with Crippen molar-refractivity contribution in [3.8, 4) is 0 Å². The molecule has 2 amide bonds. The van der Waals surface area contributed by atoms with Crippen molar-refractivity contribution in [2.45, 2.75) is 19.5 Å². The molecule has 6 nitrogen and oxygen atoms in total. The summed E-state index contributed by atoms with van der Waals surface area (Å²) in [5, 5.41) is 6.62. The van der Waals surface area contributed by atoms with Crippen LogP contribution in [-0.2, 0) is 23.2 Å². The third kappa shape index (κ3) is 2.05. The van der Waals surface area contributed by atoms with Crippen LogP contribution in [0.1, 0.15) is 12.5 Å². The highest BCUT2D eigenvalue weighted by Gasteiger charge is 2.29. The number of rotatable bonds is 2. The summed E-state index contributed by atoms with van der Waals surface area (Å²) in [6.07, 6.45) is 3.54. The van der Waals surface area contributed by atoms with E-state index in [0.29, 0.717) is 6.54 Å². The molecule has 0 radical (unpaired) electrons. The zero-order valence-corrected chi connectivity index (χ0v) is 9.30. The number of hydrogen-bond donors (Lipinski definition) is 1. The molecule has 0 spiro atoms. The number of nitrogens with zero attached hydrogens (tertiary/aromatic N) is 3. The summed E-state index contributed by atoms with van der Waals surface area (Å²) in [6.45, 7) is 2.25. The van der Waals surface area contributed by atoms with Crippen molar-refractivity contribution in [2.24, 2.45) is 7.05 Å². The maximum absolute atomic E-state index is 11.8. The molecule has 0 aromatic carbocycles. The molecule has 2 heterocycles. The van der Waals surface area contributed by atoms with Crippen LogP contribution >= 0.6 is 0 Å². The van der Waals surface area contributed by atoms with E-state index in [1.54, 1.807) is 22.7 Å². The quantitative estimate of drug-likeness (QED) is 0.717. The first-order chi connectivity index (χ1) is 7.56. The van der Waals surface area contributed by atoms with Crippen LogP contribution in [0.5, 0.6) is 0 Å². The number of carbonyl (C=O) groups is 2. The van der Waals surface area contributed by atoms with Gasteiger partial charge < -0.3 is 10.2 Å². The van der Waals surface area contributed by atoms with E-state index in [1.807, 2.05) is 13.2 Å². The van der Waals surface area contributed by atoms with E-state index in [2.05, 4.69) is 10.4 Å². The second kappa shape index (κ2) is 3.96. The van der Waals surface area contributed by atoms with E-state index < -0.39 is 6.04 Å². The van der Waals surface area contributed by atoms with Gasteiger partial charge in [-0.15, -0.1) is 0 Å².